The van der Waals surface area contributed by atoms with Gasteiger partial charge in [-0.25, -0.2) is 0 Å². The lowest BCUT2D eigenvalue weighted by Gasteiger charge is -2.05. The van der Waals surface area contributed by atoms with E-state index in [0.29, 0.717) is 5.56 Å². The Kier molecular flexibility index (Phi) is 2.64. The molecule has 0 unspecified atom stereocenters. The highest BCUT2D eigenvalue weighted by Gasteiger charge is 2.13. The second kappa shape index (κ2) is 4.10. The molecule has 0 atom stereocenters. The number of benzene rings is 1. The molecule has 0 bridgehead atoms. The average molecular weight is 214 g/mol. The summed E-state index contributed by atoms with van der Waals surface area (Å²) in [4.78, 5) is 14.4. The summed E-state index contributed by atoms with van der Waals surface area (Å²) in [6, 6.07) is 8.76. The predicted molar refractivity (Wildman–Crippen MR) is 61.1 cm³/mol. The SMILES string of the molecule is Cc1c(-c2cccnc2)cccc1[N+](=O)[O-]. The zero-order valence-electron chi connectivity index (χ0n) is 8.75. The number of hydrogen-bond donors (Lipinski definition) is 0. The Bertz CT molecular complexity index is 524. The number of nitro benzene ring substituents is 1. The van der Waals surface area contributed by atoms with Crippen LogP contribution in [-0.2, 0) is 0 Å². The molecule has 0 fully saturated rings. The first-order chi connectivity index (χ1) is 7.70. The molecule has 0 N–H and O–H groups in total. The average Bonchev–Trinajstić information content (AvgIpc) is 2.30. The van der Waals surface area contributed by atoms with E-state index in [4.69, 9.17) is 0 Å². The first-order valence-electron chi connectivity index (χ1n) is 4.84. The number of pyridine rings is 1. The number of nitro groups is 1. The summed E-state index contributed by atoms with van der Waals surface area (Å²) in [5.41, 5.74) is 2.55. The highest BCUT2D eigenvalue weighted by molar-refractivity contribution is 5.70. The van der Waals surface area contributed by atoms with Crippen LogP contribution in [-0.4, -0.2) is 9.91 Å². The molecule has 0 aliphatic rings. The van der Waals surface area contributed by atoms with Crippen LogP contribution in [0.5, 0.6) is 0 Å². The van der Waals surface area contributed by atoms with E-state index in [9.17, 15) is 10.1 Å². The van der Waals surface area contributed by atoms with Gasteiger partial charge in [-0.2, -0.15) is 0 Å². The van der Waals surface area contributed by atoms with Crippen LogP contribution in [0.2, 0.25) is 0 Å². The Balaban J connectivity index is 2.59. The van der Waals surface area contributed by atoms with Gasteiger partial charge in [0.25, 0.3) is 5.69 Å². The lowest BCUT2D eigenvalue weighted by molar-refractivity contribution is -0.385. The summed E-state index contributed by atoms with van der Waals surface area (Å²) in [5, 5.41) is 10.8. The van der Waals surface area contributed by atoms with Crippen LogP contribution < -0.4 is 0 Å². The number of rotatable bonds is 2. The minimum absolute atomic E-state index is 0.140. The van der Waals surface area contributed by atoms with Gasteiger partial charge in [-0.3, -0.25) is 15.1 Å². The quantitative estimate of drug-likeness (QED) is 0.570. The topological polar surface area (TPSA) is 56.0 Å². The molecular weight excluding hydrogens is 204 g/mol. The molecule has 1 heterocycles. The molecule has 0 saturated heterocycles. The van der Waals surface area contributed by atoms with Gasteiger partial charge >= 0.3 is 0 Å². The van der Waals surface area contributed by atoms with Crippen LogP contribution in [0, 0.1) is 17.0 Å². The summed E-state index contributed by atoms with van der Waals surface area (Å²) in [6.45, 7) is 1.75. The largest absolute Gasteiger partial charge is 0.272 e. The highest BCUT2D eigenvalue weighted by atomic mass is 16.6. The van der Waals surface area contributed by atoms with Gasteiger partial charge in [-0.05, 0) is 18.6 Å². The van der Waals surface area contributed by atoms with Crippen molar-refractivity contribution in [2.75, 3.05) is 0 Å². The Hall–Kier alpha value is -2.23. The summed E-state index contributed by atoms with van der Waals surface area (Å²) in [7, 11) is 0. The third kappa shape index (κ3) is 1.77. The molecule has 16 heavy (non-hydrogen) atoms. The van der Waals surface area contributed by atoms with Crippen LogP contribution in [0.15, 0.2) is 42.7 Å². The molecule has 0 spiro atoms. The third-order valence-corrected chi connectivity index (χ3v) is 2.47. The second-order valence-electron chi connectivity index (χ2n) is 3.45. The minimum atomic E-state index is -0.366. The fourth-order valence-electron chi connectivity index (χ4n) is 1.66. The van der Waals surface area contributed by atoms with Crippen molar-refractivity contribution in [2.24, 2.45) is 0 Å². The molecule has 4 nitrogen and oxygen atoms in total. The summed E-state index contributed by atoms with van der Waals surface area (Å²) >= 11 is 0. The van der Waals surface area contributed by atoms with Gasteiger partial charge in [-0.1, -0.05) is 18.2 Å². The van der Waals surface area contributed by atoms with Crippen LogP contribution in [0.25, 0.3) is 11.1 Å². The molecule has 0 saturated carbocycles. The second-order valence-corrected chi connectivity index (χ2v) is 3.45. The maximum Gasteiger partial charge on any atom is 0.272 e. The number of nitrogens with zero attached hydrogens (tertiary/aromatic N) is 2. The van der Waals surface area contributed by atoms with E-state index in [1.807, 2.05) is 18.2 Å². The lowest BCUT2D eigenvalue weighted by atomic mass is 10.0. The van der Waals surface area contributed by atoms with Gasteiger partial charge in [0.05, 0.1) is 4.92 Å². The molecule has 0 aliphatic heterocycles. The van der Waals surface area contributed by atoms with Crippen molar-refractivity contribution in [2.45, 2.75) is 6.92 Å². The molecule has 0 aliphatic carbocycles. The Labute approximate surface area is 92.7 Å². The normalized spacial score (nSPS) is 10.1. The summed E-state index contributed by atoms with van der Waals surface area (Å²) < 4.78 is 0. The molecule has 1 aromatic heterocycles. The third-order valence-electron chi connectivity index (χ3n) is 2.47. The van der Waals surface area contributed by atoms with Crippen molar-refractivity contribution >= 4 is 5.69 Å². The van der Waals surface area contributed by atoms with Gasteiger partial charge < -0.3 is 0 Å². The first kappa shape index (κ1) is 10.3. The van der Waals surface area contributed by atoms with Crippen molar-refractivity contribution in [3.05, 3.63) is 58.4 Å². The zero-order valence-corrected chi connectivity index (χ0v) is 8.75. The van der Waals surface area contributed by atoms with E-state index >= 15 is 0 Å². The van der Waals surface area contributed by atoms with Crippen molar-refractivity contribution < 1.29 is 4.92 Å². The van der Waals surface area contributed by atoms with Crippen molar-refractivity contribution in [3.63, 3.8) is 0 Å². The highest BCUT2D eigenvalue weighted by Crippen LogP contribution is 2.28. The Morgan fingerprint density at radius 1 is 1.25 bits per heavy atom. The Morgan fingerprint density at radius 3 is 2.69 bits per heavy atom. The monoisotopic (exact) mass is 214 g/mol. The molecule has 2 rings (SSSR count). The zero-order chi connectivity index (χ0) is 11.5. The van der Waals surface area contributed by atoms with Crippen molar-refractivity contribution in [1.29, 1.82) is 0 Å². The molecule has 0 amide bonds. The van der Waals surface area contributed by atoms with Crippen molar-refractivity contribution in [1.82, 2.24) is 4.98 Å². The summed E-state index contributed by atoms with van der Waals surface area (Å²) in [5.74, 6) is 0. The van der Waals surface area contributed by atoms with Gasteiger partial charge in [0.1, 0.15) is 0 Å². The molecule has 4 heteroatoms. The van der Waals surface area contributed by atoms with Crippen LogP contribution in [0.1, 0.15) is 5.56 Å². The van der Waals surface area contributed by atoms with Gasteiger partial charge in [0.2, 0.25) is 0 Å². The molecule has 2 aromatic rings. The van der Waals surface area contributed by atoms with E-state index in [1.165, 1.54) is 6.07 Å². The van der Waals surface area contributed by atoms with Crippen LogP contribution >= 0.6 is 0 Å². The maximum absolute atomic E-state index is 10.8. The Morgan fingerprint density at radius 2 is 2.06 bits per heavy atom. The van der Waals surface area contributed by atoms with E-state index in [-0.39, 0.29) is 10.6 Å². The van der Waals surface area contributed by atoms with E-state index < -0.39 is 0 Å². The molecule has 0 radical (unpaired) electrons. The fourth-order valence-corrected chi connectivity index (χ4v) is 1.66. The fraction of sp³-hybridized carbons (Fsp3) is 0.0833. The smallest absolute Gasteiger partial charge is 0.264 e. The van der Waals surface area contributed by atoms with Crippen LogP contribution in [0.3, 0.4) is 0 Å². The summed E-state index contributed by atoms with van der Waals surface area (Å²) in [6.07, 6.45) is 3.38. The van der Waals surface area contributed by atoms with Gasteiger partial charge in [0, 0.05) is 29.6 Å². The van der Waals surface area contributed by atoms with Gasteiger partial charge in [0.15, 0.2) is 0 Å². The first-order valence-corrected chi connectivity index (χ1v) is 4.84. The molecule has 80 valence electrons. The number of aromatic nitrogens is 1. The minimum Gasteiger partial charge on any atom is -0.264 e. The van der Waals surface area contributed by atoms with E-state index in [1.54, 1.807) is 25.4 Å². The maximum atomic E-state index is 10.8. The van der Waals surface area contributed by atoms with Gasteiger partial charge in [-0.15, -0.1) is 0 Å². The molecule has 1 aromatic carbocycles. The van der Waals surface area contributed by atoms with E-state index in [0.717, 1.165) is 11.1 Å². The van der Waals surface area contributed by atoms with E-state index in [2.05, 4.69) is 4.98 Å². The predicted octanol–water partition coefficient (Wildman–Crippen LogP) is 2.97. The van der Waals surface area contributed by atoms with Crippen LogP contribution in [0.4, 0.5) is 5.69 Å². The standard InChI is InChI=1S/C12H10N2O2/c1-9-11(10-4-3-7-13-8-10)5-2-6-12(9)14(15)16/h2-8H,1H3. The molecular formula is C12H10N2O2. The number of hydrogen-bond acceptors (Lipinski definition) is 3. The van der Waals surface area contributed by atoms with Crippen molar-refractivity contribution in [3.8, 4) is 11.1 Å². The lowest BCUT2D eigenvalue weighted by Crippen LogP contribution is -1.93.